The van der Waals surface area contributed by atoms with Gasteiger partial charge in [0.15, 0.2) is 0 Å². The zero-order valence-corrected chi connectivity index (χ0v) is 20.5. The summed E-state index contributed by atoms with van der Waals surface area (Å²) in [5.41, 5.74) is 6.01. The first-order valence-electron chi connectivity index (χ1n) is 11.9. The van der Waals surface area contributed by atoms with Gasteiger partial charge in [0, 0.05) is 0 Å². The van der Waals surface area contributed by atoms with Crippen molar-refractivity contribution in [1.82, 2.24) is 0 Å². The summed E-state index contributed by atoms with van der Waals surface area (Å²) in [7, 11) is 0. The minimum Gasteiger partial charge on any atom is -0.508 e. The van der Waals surface area contributed by atoms with Gasteiger partial charge in [-0.25, -0.2) is 0 Å². The lowest BCUT2D eigenvalue weighted by molar-refractivity contribution is 0.0560. The highest BCUT2D eigenvalue weighted by atomic mass is 16.5. The van der Waals surface area contributed by atoms with Gasteiger partial charge in [-0.15, -0.1) is 0 Å². The number of ether oxygens (including phenoxy) is 1. The molecule has 0 aliphatic carbocycles. The maximum atomic E-state index is 10.1. The largest absolute Gasteiger partial charge is 0.508 e. The molecule has 0 bridgehead atoms. The Hall–Kier alpha value is -1.70. The summed E-state index contributed by atoms with van der Waals surface area (Å²) in [5, 5.41) is 10.1. The molecule has 1 aromatic carbocycles. The van der Waals surface area contributed by atoms with Gasteiger partial charge in [-0.2, -0.15) is 0 Å². The smallest absolute Gasteiger partial charge is 0.126 e. The lowest BCUT2D eigenvalue weighted by atomic mass is 9.86. The first-order chi connectivity index (χ1) is 14.1. The lowest BCUT2D eigenvalue weighted by Gasteiger charge is -2.37. The van der Waals surface area contributed by atoms with E-state index in [2.05, 4.69) is 53.7 Å². The first-order valence-corrected chi connectivity index (χ1v) is 11.9. The molecule has 0 saturated heterocycles. The quantitative estimate of drug-likeness (QED) is 0.391. The van der Waals surface area contributed by atoms with Crippen LogP contribution in [0.1, 0.15) is 103 Å². The number of fused-ring (bicyclic) bond motifs is 1. The highest BCUT2D eigenvalue weighted by molar-refractivity contribution is 5.53. The molecule has 1 heterocycles. The van der Waals surface area contributed by atoms with Crippen LogP contribution in [0, 0.1) is 19.8 Å². The molecule has 2 atom stereocenters. The van der Waals surface area contributed by atoms with E-state index in [0.29, 0.717) is 5.75 Å². The molecular formula is C28H44O2. The molecule has 0 radical (unpaired) electrons. The van der Waals surface area contributed by atoms with Crippen molar-refractivity contribution in [2.75, 3.05) is 0 Å². The molecule has 0 spiro atoms. The Kier molecular flexibility index (Phi) is 9.07. The predicted octanol–water partition coefficient (Wildman–Crippen LogP) is 8.37. The summed E-state index contributed by atoms with van der Waals surface area (Å²) in [6.45, 7) is 15.3. The number of aromatic hydroxyl groups is 1. The van der Waals surface area contributed by atoms with Gasteiger partial charge in [-0.1, -0.05) is 36.6 Å². The predicted molar refractivity (Wildman–Crippen MR) is 130 cm³/mol. The monoisotopic (exact) mass is 412 g/mol. The molecule has 1 aromatic rings. The Morgan fingerprint density at radius 1 is 1.13 bits per heavy atom. The Morgan fingerprint density at radius 3 is 2.57 bits per heavy atom. The second kappa shape index (κ2) is 11.1. The molecule has 2 rings (SSSR count). The lowest BCUT2D eigenvalue weighted by Crippen LogP contribution is -2.36. The molecule has 2 heteroatoms. The van der Waals surface area contributed by atoms with E-state index < -0.39 is 0 Å². The van der Waals surface area contributed by atoms with Gasteiger partial charge in [0.25, 0.3) is 0 Å². The topological polar surface area (TPSA) is 29.5 Å². The van der Waals surface area contributed by atoms with E-state index >= 15 is 0 Å². The number of benzene rings is 1. The van der Waals surface area contributed by atoms with E-state index in [9.17, 15) is 5.11 Å². The molecular weight excluding hydrogens is 368 g/mol. The van der Waals surface area contributed by atoms with Crippen molar-refractivity contribution >= 4 is 0 Å². The second-order valence-corrected chi connectivity index (χ2v) is 10.1. The highest BCUT2D eigenvalue weighted by Crippen LogP contribution is 2.41. The number of hydrogen-bond donors (Lipinski definition) is 1. The van der Waals surface area contributed by atoms with Gasteiger partial charge in [0.1, 0.15) is 17.1 Å². The highest BCUT2D eigenvalue weighted by Gasteiger charge is 2.32. The van der Waals surface area contributed by atoms with Crippen LogP contribution in [0.25, 0.3) is 0 Å². The maximum Gasteiger partial charge on any atom is 0.126 e. The van der Waals surface area contributed by atoms with Crippen LogP contribution in [-0.4, -0.2) is 10.7 Å². The molecule has 1 N–H and O–H groups in total. The zero-order valence-electron chi connectivity index (χ0n) is 20.5. The average Bonchev–Trinajstić information content (AvgIpc) is 2.67. The molecule has 2 nitrogen and oxygen atoms in total. The van der Waals surface area contributed by atoms with Gasteiger partial charge in [0.2, 0.25) is 0 Å². The Labute approximate surface area is 185 Å². The fraction of sp³-hybridized carbons (Fsp3) is 0.643. The molecule has 0 aromatic heterocycles. The third kappa shape index (κ3) is 7.22. The standard InChI is InChI=1S/C28H44O2/c1-20(2)11-8-12-21(3)13-9-14-22(4)15-10-17-28(7)18-16-25-19-26(29)23(5)24(6)27(25)30-28/h11,15,19,21,29H,8-10,12-14,16-18H2,1-7H3/b22-15+/t21-,28-/m1/s1. The number of phenolic OH excluding ortho intramolecular Hbond substituents is 1. The van der Waals surface area contributed by atoms with E-state index in [0.717, 1.165) is 54.0 Å². The molecule has 0 amide bonds. The zero-order chi connectivity index (χ0) is 22.3. The van der Waals surface area contributed by atoms with Crippen LogP contribution in [0.4, 0.5) is 0 Å². The van der Waals surface area contributed by atoms with Crippen molar-refractivity contribution in [3.8, 4) is 11.5 Å². The van der Waals surface area contributed by atoms with Gasteiger partial charge in [0.05, 0.1) is 0 Å². The van der Waals surface area contributed by atoms with E-state index in [4.69, 9.17) is 4.74 Å². The Morgan fingerprint density at radius 2 is 1.87 bits per heavy atom. The average molecular weight is 413 g/mol. The van der Waals surface area contributed by atoms with E-state index in [1.54, 1.807) is 0 Å². The normalized spacial score (nSPS) is 19.8. The minimum absolute atomic E-state index is 0.114. The molecule has 0 fully saturated rings. The number of rotatable bonds is 10. The number of hydrogen-bond acceptors (Lipinski definition) is 2. The van der Waals surface area contributed by atoms with Crippen molar-refractivity contribution < 1.29 is 9.84 Å². The molecule has 1 aliphatic rings. The first kappa shape index (κ1) is 24.6. The van der Waals surface area contributed by atoms with Crippen molar-refractivity contribution in [3.63, 3.8) is 0 Å². The molecule has 168 valence electrons. The van der Waals surface area contributed by atoms with Gasteiger partial charge >= 0.3 is 0 Å². The summed E-state index contributed by atoms with van der Waals surface area (Å²) >= 11 is 0. The number of aryl methyl sites for hydroxylation is 1. The summed E-state index contributed by atoms with van der Waals surface area (Å²) in [6, 6.07) is 1.89. The Bertz CT molecular complexity index is 767. The second-order valence-electron chi connectivity index (χ2n) is 10.1. The van der Waals surface area contributed by atoms with Gasteiger partial charge < -0.3 is 9.84 Å². The van der Waals surface area contributed by atoms with Gasteiger partial charge in [-0.3, -0.25) is 0 Å². The summed E-state index contributed by atoms with van der Waals surface area (Å²) in [4.78, 5) is 0. The van der Waals surface area contributed by atoms with Crippen molar-refractivity contribution in [2.45, 2.75) is 112 Å². The van der Waals surface area contributed by atoms with Crippen LogP contribution < -0.4 is 4.74 Å². The summed E-state index contributed by atoms with van der Waals surface area (Å²) < 4.78 is 6.49. The van der Waals surface area contributed by atoms with Crippen LogP contribution in [0.2, 0.25) is 0 Å². The number of allylic oxidation sites excluding steroid dienone is 4. The molecule has 30 heavy (non-hydrogen) atoms. The van der Waals surface area contributed by atoms with E-state index in [-0.39, 0.29) is 5.60 Å². The SMILES string of the molecule is CC(C)=CCC[C@@H](C)CCC/C(C)=C/CC[C@]1(C)CCc2cc(O)c(C)c(C)c2O1. The summed E-state index contributed by atoms with van der Waals surface area (Å²) in [5.74, 6) is 2.21. The fourth-order valence-electron chi connectivity index (χ4n) is 4.40. The van der Waals surface area contributed by atoms with E-state index in [1.807, 2.05) is 13.0 Å². The minimum atomic E-state index is -0.114. The van der Waals surface area contributed by atoms with Crippen LogP contribution in [0.15, 0.2) is 29.4 Å². The van der Waals surface area contributed by atoms with Crippen molar-refractivity contribution in [2.24, 2.45) is 5.92 Å². The third-order valence-electron chi connectivity index (χ3n) is 6.81. The van der Waals surface area contributed by atoms with Crippen LogP contribution >= 0.6 is 0 Å². The maximum absolute atomic E-state index is 10.1. The van der Waals surface area contributed by atoms with Crippen LogP contribution in [-0.2, 0) is 6.42 Å². The molecule has 0 unspecified atom stereocenters. The van der Waals surface area contributed by atoms with Crippen molar-refractivity contribution in [1.29, 1.82) is 0 Å². The van der Waals surface area contributed by atoms with E-state index in [1.165, 1.54) is 43.3 Å². The Balaban J connectivity index is 1.78. The molecule has 0 saturated carbocycles. The fourth-order valence-corrected chi connectivity index (χ4v) is 4.40. The third-order valence-corrected chi connectivity index (χ3v) is 6.81. The van der Waals surface area contributed by atoms with Crippen molar-refractivity contribution in [3.05, 3.63) is 46.1 Å². The van der Waals surface area contributed by atoms with Crippen LogP contribution in [0.3, 0.4) is 0 Å². The molecule has 1 aliphatic heterocycles. The van der Waals surface area contributed by atoms with Gasteiger partial charge in [-0.05, 0) is 122 Å². The van der Waals surface area contributed by atoms with Crippen LogP contribution in [0.5, 0.6) is 11.5 Å². The summed E-state index contributed by atoms with van der Waals surface area (Å²) in [6.07, 6.45) is 15.3. The number of phenols is 1.